The molecule has 1 unspecified atom stereocenters. The molecular formula is C15H13NO2. The lowest BCUT2D eigenvalue weighted by Crippen LogP contribution is -2.00. The van der Waals surface area contributed by atoms with Crippen LogP contribution in [0.3, 0.4) is 0 Å². The fourth-order valence-electron chi connectivity index (χ4n) is 2.23. The van der Waals surface area contributed by atoms with Gasteiger partial charge in [0.25, 0.3) is 0 Å². The van der Waals surface area contributed by atoms with Crippen molar-refractivity contribution in [3.8, 4) is 0 Å². The number of aromatic nitrogens is 1. The molecule has 0 spiro atoms. The number of aliphatic hydroxyl groups excluding tert-OH is 1. The highest BCUT2D eigenvalue weighted by atomic mass is 16.3. The number of hydrogen-bond donors (Lipinski definition) is 1. The van der Waals surface area contributed by atoms with Crippen molar-refractivity contribution in [2.24, 2.45) is 0 Å². The Morgan fingerprint density at radius 3 is 2.83 bits per heavy atom. The molecule has 0 aliphatic heterocycles. The van der Waals surface area contributed by atoms with E-state index in [0.29, 0.717) is 0 Å². The second-order valence-corrected chi connectivity index (χ2v) is 4.28. The molecule has 3 rings (SSSR count). The monoisotopic (exact) mass is 239 g/mol. The molecule has 0 amide bonds. The third-order valence-electron chi connectivity index (χ3n) is 3.20. The molecule has 2 heterocycles. The van der Waals surface area contributed by atoms with Gasteiger partial charge in [-0.25, -0.2) is 0 Å². The van der Waals surface area contributed by atoms with Gasteiger partial charge in [0.05, 0.1) is 6.26 Å². The van der Waals surface area contributed by atoms with Gasteiger partial charge in [0, 0.05) is 23.3 Å². The fraction of sp³-hybridized carbons (Fsp3) is 0.133. The third-order valence-corrected chi connectivity index (χ3v) is 3.20. The minimum Gasteiger partial charge on any atom is -0.469 e. The normalized spacial score (nSPS) is 12.8. The Labute approximate surface area is 105 Å². The van der Waals surface area contributed by atoms with Crippen molar-refractivity contribution >= 4 is 10.8 Å². The third kappa shape index (κ3) is 1.69. The summed E-state index contributed by atoms with van der Waals surface area (Å²) in [6.45, 7) is 1.85. The second-order valence-electron chi connectivity index (χ2n) is 4.28. The quantitative estimate of drug-likeness (QED) is 0.746. The van der Waals surface area contributed by atoms with Gasteiger partial charge >= 0.3 is 0 Å². The number of rotatable bonds is 2. The molecule has 1 N–H and O–H groups in total. The van der Waals surface area contributed by atoms with Crippen molar-refractivity contribution in [3.63, 3.8) is 0 Å². The molecule has 90 valence electrons. The molecule has 0 fully saturated rings. The summed E-state index contributed by atoms with van der Waals surface area (Å²) in [6, 6.07) is 9.57. The number of nitrogens with zero attached hydrogens (tertiary/aromatic N) is 1. The van der Waals surface area contributed by atoms with E-state index in [2.05, 4.69) is 4.98 Å². The van der Waals surface area contributed by atoms with E-state index in [4.69, 9.17) is 4.42 Å². The summed E-state index contributed by atoms with van der Waals surface area (Å²) in [7, 11) is 0. The topological polar surface area (TPSA) is 46.3 Å². The zero-order valence-corrected chi connectivity index (χ0v) is 10.00. The minimum atomic E-state index is -0.671. The molecule has 1 atom stereocenters. The molecule has 3 aromatic rings. The van der Waals surface area contributed by atoms with Gasteiger partial charge in [0.1, 0.15) is 11.9 Å². The molecule has 0 radical (unpaired) electrons. The van der Waals surface area contributed by atoms with Crippen molar-refractivity contribution in [3.05, 3.63) is 65.9 Å². The number of aliphatic hydroxyl groups is 1. The van der Waals surface area contributed by atoms with Crippen molar-refractivity contribution in [1.82, 2.24) is 4.98 Å². The van der Waals surface area contributed by atoms with Crippen molar-refractivity contribution in [2.45, 2.75) is 13.0 Å². The van der Waals surface area contributed by atoms with E-state index < -0.39 is 6.10 Å². The van der Waals surface area contributed by atoms with Crippen molar-refractivity contribution in [1.29, 1.82) is 0 Å². The average molecular weight is 239 g/mol. The van der Waals surface area contributed by atoms with Crippen LogP contribution < -0.4 is 0 Å². The van der Waals surface area contributed by atoms with E-state index in [1.165, 1.54) is 0 Å². The Hall–Kier alpha value is -2.13. The second kappa shape index (κ2) is 4.27. The standard InChI is InChI=1S/C15H13NO2/c1-10-12(6-8-18-10)15(17)14-4-2-3-11-9-16-7-5-13(11)14/h2-9,15,17H,1H3. The van der Waals surface area contributed by atoms with E-state index in [1.807, 2.05) is 31.2 Å². The number of furan rings is 1. The van der Waals surface area contributed by atoms with Crippen LogP contribution in [0.4, 0.5) is 0 Å². The Kier molecular flexibility index (Phi) is 2.61. The molecule has 1 aromatic carbocycles. The van der Waals surface area contributed by atoms with Crippen LogP contribution in [0.2, 0.25) is 0 Å². The molecule has 0 aliphatic rings. The summed E-state index contributed by atoms with van der Waals surface area (Å²) in [4.78, 5) is 4.09. The van der Waals surface area contributed by atoms with E-state index in [1.54, 1.807) is 24.7 Å². The van der Waals surface area contributed by atoms with Crippen LogP contribution in [0.1, 0.15) is 23.0 Å². The highest BCUT2D eigenvalue weighted by Gasteiger charge is 2.16. The lowest BCUT2D eigenvalue weighted by molar-refractivity contribution is 0.219. The molecule has 2 aromatic heterocycles. The van der Waals surface area contributed by atoms with Crippen molar-refractivity contribution < 1.29 is 9.52 Å². The molecule has 3 nitrogen and oxygen atoms in total. The van der Waals surface area contributed by atoms with Gasteiger partial charge in [-0.05, 0) is 30.0 Å². The van der Waals surface area contributed by atoms with Gasteiger partial charge in [0.15, 0.2) is 0 Å². The first-order chi connectivity index (χ1) is 8.77. The molecular weight excluding hydrogens is 226 g/mol. The zero-order valence-electron chi connectivity index (χ0n) is 10.00. The molecule has 18 heavy (non-hydrogen) atoms. The maximum atomic E-state index is 10.5. The molecule has 0 saturated heterocycles. The predicted molar refractivity (Wildman–Crippen MR) is 69.2 cm³/mol. The summed E-state index contributed by atoms with van der Waals surface area (Å²) >= 11 is 0. The van der Waals surface area contributed by atoms with Gasteiger partial charge < -0.3 is 9.52 Å². The van der Waals surface area contributed by atoms with Gasteiger partial charge in [0.2, 0.25) is 0 Å². The van der Waals surface area contributed by atoms with Crippen LogP contribution in [-0.4, -0.2) is 10.1 Å². The molecule has 0 saturated carbocycles. The first kappa shape index (κ1) is 11.0. The SMILES string of the molecule is Cc1occc1C(O)c1cccc2cnccc12. The summed E-state index contributed by atoms with van der Waals surface area (Å²) in [6.07, 6.45) is 4.46. The van der Waals surface area contributed by atoms with Crippen LogP contribution in [0.25, 0.3) is 10.8 Å². The highest BCUT2D eigenvalue weighted by molar-refractivity contribution is 5.85. The molecule has 0 bridgehead atoms. The maximum absolute atomic E-state index is 10.5. The van der Waals surface area contributed by atoms with Gasteiger partial charge in [-0.2, -0.15) is 0 Å². The zero-order chi connectivity index (χ0) is 12.5. The van der Waals surface area contributed by atoms with E-state index in [0.717, 1.165) is 27.7 Å². The maximum Gasteiger partial charge on any atom is 0.108 e. The van der Waals surface area contributed by atoms with Crippen molar-refractivity contribution in [2.75, 3.05) is 0 Å². The highest BCUT2D eigenvalue weighted by Crippen LogP contribution is 2.30. The minimum absolute atomic E-state index is 0.671. The smallest absolute Gasteiger partial charge is 0.108 e. The largest absolute Gasteiger partial charge is 0.469 e. The van der Waals surface area contributed by atoms with Gasteiger partial charge in [-0.1, -0.05) is 18.2 Å². The average Bonchev–Trinajstić information content (AvgIpc) is 2.83. The summed E-state index contributed by atoms with van der Waals surface area (Å²) < 4.78 is 5.25. The van der Waals surface area contributed by atoms with Gasteiger partial charge in [-0.3, -0.25) is 4.98 Å². The summed E-state index contributed by atoms with van der Waals surface area (Å²) in [5.41, 5.74) is 1.68. The number of aryl methyl sites for hydroxylation is 1. The predicted octanol–water partition coefficient (Wildman–Crippen LogP) is 3.22. The summed E-state index contributed by atoms with van der Waals surface area (Å²) in [5.74, 6) is 0.744. The number of hydrogen-bond acceptors (Lipinski definition) is 3. The Balaban J connectivity index is 2.18. The van der Waals surface area contributed by atoms with Crippen LogP contribution in [-0.2, 0) is 0 Å². The van der Waals surface area contributed by atoms with Crippen LogP contribution in [0, 0.1) is 6.92 Å². The Bertz CT molecular complexity index is 682. The van der Waals surface area contributed by atoms with E-state index in [9.17, 15) is 5.11 Å². The Morgan fingerprint density at radius 2 is 2.06 bits per heavy atom. The van der Waals surface area contributed by atoms with Crippen LogP contribution >= 0.6 is 0 Å². The number of pyridine rings is 1. The lowest BCUT2D eigenvalue weighted by atomic mass is 9.97. The first-order valence-electron chi connectivity index (χ1n) is 5.82. The van der Waals surface area contributed by atoms with Crippen LogP contribution in [0.15, 0.2) is 53.4 Å². The number of fused-ring (bicyclic) bond motifs is 1. The van der Waals surface area contributed by atoms with E-state index in [-0.39, 0.29) is 0 Å². The molecule has 0 aliphatic carbocycles. The summed E-state index contributed by atoms with van der Waals surface area (Å²) in [5, 5.41) is 12.5. The van der Waals surface area contributed by atoms with Gasteiger partial charge in [-0.15, -0.1) is 0 Å². The first-order valence-corrected chi connectivity index (χ1v) is 5.82. The Morgan fingerprint density at radius 1 is 1.17 bits per heavy atom. The van der Waals surface area contributed by atoms with Crippen LogP contribution in [0.5, 0.6) is 0 Å². The fourth-order valence-corrected chi connectivity index (χ4v) is 2.23. The number of benzene rings is 1. The lowest BCUT2D eigenvalue weighted by Gasteiger charge is -2.13. The van der Waals surface area contributed by atoms with E-state index >= 15 is 0 Å². The molecule has 3 heteroatoms.